The molecule has 0 bridgehead atoms. The molecule has 1 heterocycles. The summed E-state index contributed by atoms with van der Waals surface area (Å²) in [6, 6.07) is 14.0. The van der Waals surface area contributed by atoms with Crippen molar-refractivity contribution in [3.05, 3.63) is 81.2 Å². The van der Waals surface area contributed by atoms with Crippen molar-refractivity contribution in [1.29, 1.82) is 0 Å². The molecule has 0 fully saturated rings. The minimum atomic E-state index is -2.13. The summed E-state index contributed by atoms with van der Waals surface area (Å²) in [5.74, 6) is -0.0339. The van der Waals surface area contributed by atoms with Gasteiger partial charge in [-0.3, -0.25) is 9.00 Å². The molecule has 3 aromatic rings. The highest BCUT2D eigenvalue weighted by Gasteiger charge is 2.11. The average Bonchev–Trinajstić information content (AvgIpc) is 2.58. The molecule has 3 rings (SSSR count). The van der Waals surface area contributed by atoms with E-state index in [1.54, 1.807) is 61.7 Å². The van der Waals surface area contributed by atoms with Gasteiger partial charge in [-0.15, -0.1) is 0 Å². The van der Waals surface area contributed by atoms with Crippen LogP contribution in [0.4, 0.5) is 0 Å². The molecule has 0 saturated heterocycles. The van der Waals surface area contributed by atoms with Gasteiger partial charge in [0, 0.05) is 21.9 Å². The zero-order valence-corrected chi connectivity index (χ0v) is 14.9. The van der Waals surface area contributed by atoms with Gasteiger partial charge in [0.1, 0.15) is 0 Å². The Hall–Kier alpha value is -2.28. The second-order valence-electron chi connectivity index (χ2n) is 5.53. The van der Waals surface area contributed by atoms with E-state index in [1.807, 2.05) is 0 Å². The Bertz CT molecular complexity index is 1000. The highest BCUT2D eigenvalue weighted by molar-refractivity contribution is 7.78. The molecule has 5 nitrogen and oxygen atoms in total. The highest BCUT2D eigenvalue weighted by atomic mass is 35.5. The quantitative estimate of drug-likeness (QED) is 0.658. The van der Waals surface area contributed by atoms with Gasteiger partial charge in [0.2, 0.25) is 0 Å². The predicted octanol–water partition coefficient (Wildman–Crippen LogP) is 3.24. The molecule has 0 aliphatic heterocycles. The topological polar surface area (TPSA) is 75.0 Å². The molecule has 128 valence electrons. The van der Waals surface area contributed by atoms with Gasteiger partial charge in [0.15, 0.2) is 0 Å². The van der Waals surface area contributed by atoms with Crippen LogP contribution in [0.2, 0.25) is 5.02 Å². The van der Waals surface area contributed by atoms with Crippen LogP contribution in [0.5, 0.6) is 0 Å². The Morgan fingerprint density at radius 1 is 1.20 bits per heavy atom. The van der Waals surface area contributed by atoms with Crippen molar-refractivity contribution in [2.24, 2.45) is 0 Å². The second kappa shape index (κ2) is 7.31. The normalized spacial score (nSPS) is 12.1. The van der Waals surface area contributed by atoms with Crippen LogP contribution in [0, 0.1) is 6.92 Å². The molecule has 0 radical (unpaired) electrons. The molecular formula is C18H14ClN2O3S-. The highest BCUT2D eigenvalue weighted by Crippen LogP contribution is 2.22. The molecule has 0 saturated carbocycles. The van der Waals surface area contributed by atoms with Gasteiger partial charge in [0.05, 0.1) is 11.9 Å². The average molecular weight is 374 g/mol. The van der Waals surface area contributed by atoms with Gasteiger partial charge in [-0.25, -0.2) is 0 Å². The standard InChI is InChI=1S/C18H15ClN2O3S/c1-12-17(14-7-5-13(6-8-14)11-25(23)24)10-20-21(18(12)22)16-4-2-3-15(19)9-16/h2-10H,11H2,1H3,(H,23,24)/p-1. The lowest BCUT2D eigenvalue weighted by Gasteiger charge is -2.11. The smallest absolute Gasteiger partial charge is 0.275 e. The van der Waals surface area contributed by atoms with E-state index in [2.05, 4.69) is 5.10 Å². The van der Waals surface area contributed by atoms with Crippen LogP contribution in [0.1, 0.15) is 11.1 Å². The maximum absolute atomic E-state index is 12.7. The van der Waals surface area contributed by atoms with Crippen LogP contribution in [0.3, 0.4) is 0 Å². The maximum Gasteiger partial charge on any atom is 0.275 e. The van der Waals surface area contributed by atoms with E-state index in [-0.39, 0.29) is 11.3 Å². The molecule has 7 heteroatoms. The fourth-order valence-corrected chi connectivity index (χ4v) is 3.19. The molecule has 1 aromatic heterocycles. The van der Waals surface area contributed by atoms with E-state index in [4.69, 9.17) is 11.6 Å². The lowest BCUT2D eigenvalue weighted by Crippen LogP contribution is -2.23. The molecule has 0 amide bonds. The zero-order valence-electron chi connectivity index (χ0n) is 13.3. The Balaban J connectivity index is 2.00. The molecule has 0 aliphatic rings. The zero-order chi connectivity index (χ0) is 18.0. The van der Waals surface area contributed by atoms with Crippen LogP contribution >= 0.6 is 11.6 Å². The molecular weight excluding hydrogens is 360 g/mol. The first-order valence-electron chi connectivity index (χ1n) is 7.46. The van der Waals surface area contributed by atoms with Gasteiger partial charge < -0.3 is 4.55 Å². The summed E-state index contributed by atoms with van der Waals surface area (Å²) in [6.45, 7) is 1.74. The molecule has 0 N–H and O–H groups in total. The molecule has 25 heavy (non-hydrogen) atoms. The first-order valence-corrected chi connectivity index (χ1v) is 9.08. The van der Waals surface area contributed by atoms with Crippen molar-refractivity contribution in [3.8, 4) is 16.8 Å². The van der Waals surface area contributed by atoms with Crippen LogP contribution in [0.25, 0.3) is 16.8 Å². The fourth-order valence-electron chi connectivity index (χ4n) is 2.54. The summed E-state index contributed by atoms with van der Waals surface area (Å²) in [6.07, 6.45) is 1.62. The van der Waals surface area contributed by atoms with E-state index in [1.165, 1.54) is 4.68 Å². The molecule has 1 atom stereocenters. The number of aromatic nitrogens is 2. The second-order valence-corrected chi connectivity index (χ2v) is 6.86. The van der Waals surface area contributed by atoms with E-state index in [0.717, 1.165) is 5.56 Å². The fraction of sp³-hybridized carbons (Fsp3) is 0.111. The minimum absolute atomic E-state index is 0.0339. The number of nitrogens with zero attached hydrogens (tertiary/aromatic N) is 2. The number of hydrogen-bond acceptors (Lipinski definition) is 4. The summed E-state index contributed by atoms with van der Waals surface area (Å²) in [7, 11) is 0. The Morgan fingerprint density at radius 2 is 1.92 bits per heavy atom. The summed E-state index contributed by atoms with van der Waals surface area (Å²) in [4.78, 5) is 12.7. The lowest BCUT2D eigenvalue weighted by atomic mass is 10.0. The van der Waals surface area contributed by atoms with Crippen LogP contribution in [0.15, 0.2) is 59.5 Å². The Morgan fingerprint density at radius 3 is 2.56 bits per heavy atom. The monoisotopic (exact) mass is 373 g/mol. The molecule has 1 unspecified atom stereocenters. The van der Waals surface area contributed by atoms with Crippen molar-refractivity contribution in [2.45, 2.75) is 12.7 Å². The molecule has 0 spiro atoms. The summed E-state index contributed by atoms with van der Waals surface area (Å²) < 4.78 is 22.8. The van der Waals surface area contributed by atoms with E-state index >= 15 is 0 Å². The minimum Gasteiger partial charge on any atom is -0.772 e. The van der Waals surface area contributed by atoms with Gasteiger partial charge in [-0.05, 0) is 36.2 Å². The number of halogens is 1. The van der Waals surface area contributed by atoms with Gasteiger partial charge >= 0.3 is 0 Å². The van der Waals surface area contributed by atoms with Gasteiger partial charge in [-0.2, -0.15) is 9.78 Å². The third kappa shape index (κ3) is 3.87. The third-order valence-corrected chi connectivity index (χ3v) is 4.63. The van der Waals surface area contributed by atoms with Crippen molar-refractivity contribution in [1.82, 2.24) is 9.78 Å². The van der Waals surface area contributed by atoms with Crippen LogP contribution in [-0.2, 0) is 16.8 Å². The van der Waals surface area contributed by atoms with Gasteiger partial charge in [-0.1, -0.05) is 53.0 Å². The molecule has 0 aliphatic carbocycles. The maximum atomic E-state index is 12.7. The summed E-state index contributed by atoms with van der Waals surface area (Å²) in [5, 5.41) is 4.77. The van der Waals surface area contributed by atoms with E-state index in [0.29, 0.717) is 27.4 Å². The SMILES string of the molecule is Cc1c(-c2ccc(CS(=O)[O-])cc2)cnn(-c2cccc(Cl)c2)c1=O. The van der Waals surface area contributed by atoms with Crippen molar-refractivity contribution >= 4 is 22.7 Å². The molecule has 2 aromatic carbocycles. The van der Waals surface area contributed by atoms with E-state index < -0.39 is 11.1 Å². The van der Waals surface area contributed by atoms with Crippen molar-refractivity contribution in [2.75, 3.05) is 0 Å². The number of rotatable bonds is 4. The lowest BCUT2D eigenvalue weighted by molar-refractivity contribution is 0.536. The Kier molecular flexibility index (Phi) is 5.13. The summed E-state index contributed by atoms with van der Waals surface area (Å²) >= 11 is 3.85. The van der Waals surface area contributed by atoms with Crippen LogP contribution in [-0.4, -0.2) is 18.5 Å². The third-order valence-electron chi connectivity index (χ3n) is 3.82. The first-order chi connectivity index (χ1) is 12.0. The summed E-state index contributed by atoms with van der Waals surface area (Å²) in [5.41, 5.74) is 3.12. The van der Waals surface area contributed by atoms with Gasteiger partial charge in [0.25, 0.3) is 5.56 Å². The number of benzene rings is 2. The largest absolute Gasteiger partial charge is 0.772 e. The number of hydrogen-bond donors (Lipinski definition) is 0. The van der Waals surface area contributed by atoms with Crippen LogP contribution < -0.4 is 5.56 Å². The van der Waals surface area contributed by atoms with Crippen molar-refractivity contribution < 1.29 is 8.76 Å². The predicted molar refractivity (Wildman–Crippen MR) is 97.6 cm³/mol. The Labute approximate surface area is 152 Å². The van der Waals surface area contributed by atoms with E-state index in [9.17, 15) is 13.6 Å². The first kappa shape index (κ1) is 17.5. The van der Waals surface area contributed by atoms with Crippen molar-refractivity contribution in [3.63, 3.8) is 0 Å².